The summed E-state index contributed by atoms with van der Waals surface area (Å²) in [5, 5.41) is 11.6. The summed E-state index contributed by atoms with van der Waals surface area (Å²) in [6.07, 6.45) is 6.05. The SMILES string of the molecule is O=C([O-])c1ccc(CN(Cc2cccnc2)CC2CCCCN2S(=O)(=O)c2ccc(Cl)cc2)cc1.[Na+]. The number of hydrogen-bond donors (Lipinski definition) is 0. The second kappa shape index (κ2) is 13.1. The maximum absolute atomic E-state index is 13.5. The van der Waals surface area contributed by atoms with Crippen molar-refractivity contribution in [3.8, 4) is 0 Å². The topological polar surface area (TPSA) is 93.6 Å². The number of aromatic carboxylic acids is 1. The van der Waals surface area contributed by atoms with E-state index in [1.807, 2.05) is 12.1 Å². The molecule has 1 fully saturated rings. The third-order valence-corrected chi connectivity index (χ3v) is 8.41. The van der Waals surface area contributed by atoms with Crippen LogP contribution in [-0.2, 0) is 23.1 Å². The van der Waals surface area contributed by atoms with E-state index in [2.05, 4.69) is 9.88 Å². The quantitative estimate of drug-likeness (QED) is 0.367. The number of carbonyl (C=O) groups excluding carboxylic acids is 1. The standard InChI is InChI=1S/C26H28ClN3O4S.Na/c27-23-10-12-25(13-11-23)35(33,34)30-15-2-1-5-24(30)19-29(18-21-4-3-14-28-16-21)17-20-6-8-22(9-7-20)26(31)32;/h3-4,6-14,16,24H,1-2,5,15,17-19H2,(H,31,32);/q;+1/p-1. The molecule has 184 valence electrons. The van der Waals surface area contributed by atoms with Crippen LogP contribution in [-0.4, -0.2) is 47.7 Å². The first-order valence-electron chi connectivity index (χ1n) is 11.5. The number of hydrogen-bond acceptors (Lipinski definition) is 6. The largest absolute Gasteiger partial charge is 1.00 e. The molecule has 0 amide bonds. The molecule has 3 aromatic rings. The van der Waals surface area contributed by atoms with Crippen molar-refractivity contribution in [1.29, 1.82) is 0 Å². The molecular weight excluding hydrogens is 509 g/mol. The maximum Gasteiger partial charge on any atom is 1.00 e. The molecule has 2 heterocycles. The molecule has 1 atom stereocenters. The number of carbonyl (C=O) groups is 1. The Bertz CT molecular complexity index is 1240. The normalized spacial score (nSPS) is 16.4. The number of rotatable bonds is 9. The molecule has 4 rings (SSSR count). The second-order valence-corrected chi connectivity index (χ2v) is 11.1. The van der Waals surface area contributed by atoms with E-state index in [4.69, 9.17) is 11.6 Å². The molecule has 0 aliphatic carbocycles. The van der Waals surface area contributed by atoms with Crippen molar-refractivity contribution in [3.05, 3.63) is 94.8 Å². The number of carboxylic acids is 1. The van der Waals surface area contributed by atoms with Crippen molar-refractivity contribution in [2.45, 2.75) is 43.3 Å². The third-order valence-electron chi connectivity index (χ3n) is 6.19. The van der Waals surface area contributed by atoms with Crippen LogP contribution in [0.1, 0.15) is 40.7 Å². The first-order valence-corrected chi connectivity index (χ1v) is 13.3. The summed E-state index contributed by atoms with van der Waals surface area (Å²) in [7, 11) is -3.67. The Hall–Kier alpha value is -1.78. The van der Waals surface area contributed by atoms with E-state index in [0.29, 0.717) is 31.2 Å². The molecule has 0 radical (unpaired) electrons. The van der Waals surface area contributed by atoms with Gasteiger partial charge in [-0.2, -0.15) is 4.31 Å². The van der Waals surface area contributed by atoms with Gasteiger partial charge >= 0.3 is 29.6 Å². The smallest absolute Gasteiger partial charge is 0.545 e. The molecule has 7 nitrogen and oxygen atoms in total. The van der Waals surface area contributed by atoms with Crippen LogP contribution in [0.2, 0.25) is 5.02 Å². The van der Waals surface area contributed by atoms with Gasteiger partial charge in [-0.05, 0) is 59.9 Å². The Labute approximate surface area is 239 Å². The molecule has 0 N–H and O–H groups in total. The second-order valence-electron chi connectivity index (χ2n) is 8.73. The zero-order valence-corrected chi connectivity index (χ0v) is 23.8. The molecule has 0 bridgehead atoms. The van der Waals surface area contributed by atoms with E-state index in [0.717, 1.165) is 30.4 Å². The van der Waals surface area contributed by atoms with Crippen molar-refractivity contribution >= 4 is 27.6 Å². The number of pyridine rings is 1. The van der Waals surface area contributed by atoms with Gasteiger partial charge in [-0.1, -0.05) is 48.4 Å². The van der Waals surface area contributed by atoms with E-state index < -0.39 is 16.0 Å². The van der Waals surface area contributed by atoms with Gasteiger partial charge in [-0.15, -0.1) is 0 Å². The number of sulfonamides is 1. The summed E-state index contributed by atoms with van der Waals surface area (Å²) in [5.41, 5.74) is 2.07. The minimum Gasteiger partial charge on any atom is -0.545 e. The van der Waals surface area contributed by atoms with Crippen molar-refractivity contribution < 1.29 is 47.9 Å². The molecule has 10 heteroatoms. The predicted octanol–water partition coefficient (Wildman–Crippen LogP) is 0.348. The minimum atomic E-state index is -3.67. The molecular formula is C26H27ClN3NaO4S. The average molecular weight is 536 g/mol. The van der Waals surface area contributed by atoms with Gasteiger partial charge in [-0.25, -0.2) is 8.42 Å². The van der Waals surface area contributed by atoms with E-state index >= 15 is 0 Å². The first kappa shape index (κ1) is 28.8. The fourth-order valence-corrected chi connectivity index (χ4v) is 6.26. The third kappa shape index (κ3) is 7.38. The van der Waals surface area contributed by atoms with Gasteiger partial charge in [0.2, 0.25) is 10.0 Å². The van der Waals surface area contributed by atoms with Crippen molar-refractivity contribution in [2.75, 3.05) is 13.1 Å². The number of piperidine rings is 1. The Morgan fingerprint density at radius 3 is 2.36 bits per heavy atom. The van der Waals surface area contributed by atoms with Crippen LogP contribution in [0.4, 0.5) is 0 Å². The average Bonchev–Trinajstić information content (AvgIpc) is 2.85. The van der Waals surface area contributed by atoms with Gasteiger partial charge in [0.05, 0.1) is 10.9 Å². The van der Waals surface area contributed by atoms with Crippen LogP contribution >= 0.6 is 11.6 Å². The van der Waals surface area contributed by atoms with Crippen LogP contribution in [0.15, 0.2) is 78.0 Å². The van der Waals surface area contributed by atoms with Gasteiger partial charge in [0.25, 0.3) is 0 Å². The van der Waals surface area contributed by atoms with Crippen molar-refractivity contribution in [2.24, 2.45) is 0 Å². The Morgan fingerprint density at radius 1 is 1.03 bits per heavy atom. The Kier molecular flexibility index (Phi) is 10.5. The van der Waals surface area contributed by atoms with Crippen molar-refractivity contribution in [1.82, 2.24) is 14.2 Å². The van der Waals surface area contributed by atoms with E-state index in [1.54, 1.807) is 53.1 Å². The summed E-state index contributed by atoms with van der Waals surface area (Å²) in [4.78, 5) is 17.7. The fourth-order valence-electron chi connectivity index (χ4n) is 4.45. The van der Waals surface area contributed by atoms with Crippen LogP contribution in [0.25, 0.3) is 0 Å². The molecule has 0 spiro atoms. The zero-order valence-electron chi connectivity index (χ0n) is 20.2. The molecule has 1 aliphatic heterocycles. The molecule has 1 aromatic heterocycles. The van der Waals surface area contributed by atoms with Gasteiger partial charge in [-0.3, -0.25) is 9.88 Å². The minimum absolute atomic E-state index is 0. The van der Waals surface area contributed by atoms with E-state index in [-0.39, 0.29) is 46.1 Å². The Balaban J connectivity index is 0.00000361. The molecule has 1 unspecified atom stereocenters. The van der Waals surface area contributed by atoms with Crippen LogP contribution in [0, 0.1) is 0 Å². The predicted molar refractivity (Wildman–Crippen MR) is 132 cm³/mol. The molecule has 2 aromatic carbocycles. The zero-order chi connectivity index (χ0) is 24.8. The summed E-state index contributed by atoms with van der Waals surface area (Å²) < 4.78 is 28.6. The molecule has 36 heavy (non-hydrogen) atoms. The fraction of sp³-hybridized carbons (Fsp3) is 0.308. The molecule has 1 aliphatic rings. The Morgan fingerprint density at radius 2 is 1.72 bits per heavy atom. The summed E-state index contributed by atoms with van der Waals surface area (Å²) in [6, 6.07) is 16.6. The number of carboxylic acid groups (broad SMARTS) is 1. The number of benzene rings is 2. The van der Waals surface area contributed by atoms with Gasteiger partial charge < -0.3 is 9.90 Å². The van der Waals surface area contributed by atoms with Crippen molar-refractivity contribution in [3.63, 3.8) is 0 Å². The van der Waals surface area contributed by atoms with E-state index in [1.165, 1.54) is 12.1 Å². The van der Waals surface area contributed by atoms with Gasteiger partial charge in [0.15, 0.2) is 0 Å². The van der Waals surface area contributed by atoms with Crippen LogP contribution < -0.4 is 34.7 Å². The number of nitrogens with zero attached hydrogens (tertiary/aromatic N) is 3. The number of aromatic nitrogens is 1. The molecule has 1 saturated heterocycles. The summed E-state index contributed by atoms with van der Waals surface area (Å²) in [6.45, 7) is 2.12. The van der Waals surface area contributed by atoms with E-state index in [9.17, 15) is 18.3 Å². The van der Waals surface area contributed by atoms with Gasteiger partial charge in [0, 0.05) is 49.6 Å². The summed E-state index contributed by atoms with van der Waals surface area (Å²) >= 11 is 5.97. The van der Waals surface area contributed by atoms with Gasteiger partial charge in [0.1, 0.15) is 0 Å². The molecule has 0 saturated carbocycles. The van der Waals surface area contributed by atoms with Crippen LogP contribution in [0.5, 0.6) is 0 Å². The number of halogens is 1. The maximum atomic E-state index is 13.5. The first-order chi connectivity index (χ1) is 16.8. The monoisotopic (exact) mass is 535 g/mol. The van der Waals surface area contributed by atoms with Crippen LogP contribution in [0.3, 0.4) is 0 Å². The summed E-state index contributed by atoms with van der Waals surface area (Å²) in [5.74, 6) is -1.21.